The molecule has 0 bridgehead atoms. The molecular formula is C25H27FN6O3. The van der Waals surface area contributed by atoms with Gasteiger partial charge in [-0.15, -0.1) is 5.10 Å². The van der Waals surface area contributed by atoms with Crippen molar-refractivity contribution in [2.75, 3.05) is 25.1 Å². The summed E-state index contributed by atoms with van der Waals surface area (Å²) in [5, 5.41) is 14.2. The van der Waals surface area contributed by atoms with Gasteiger partial charge < -0.3 is 19.7 Å². The van der Waals surface area contributed by atoms with E-state index in [1.165, 1.54) is 16.3 Å². The molecule has 6 rings (SSSR count). The normalized spacial score (nSPS) is 20.1. The van der Waals surface area contributed by atoms with Gasteiger partial charge in [0.05, 0.1) is 6.04 Å². The Morgan fingerprint density at radius 3 is 2.60 bits per heavy atom. The van der Waals surface area contributed by atoms with Crippen molar-refractivity contribution in [1.82, 2.24) is 25.1 Å². The number of nitrogens with zero attached hydrogens (tertiary/aromatic N) is 5. The van der Waals surface area contributed by atoms with E-state index >= 15 is 0 Å². The van der Waals surface area contributed by atoms with Gasteiger partial charge in [-0.05, 0) is 78.6 Å². The Morgan fingerprint density at radius 1 is 1.14 bits per heavy atom. The second-order valence-corrected chi connectivity index (χ2v) is 9.61. The highest BCUT2D eigenvalue weighted by atomic mass is 19.1. The van der Waals surface area contributed by atoms with Gasteiger partial charge in [-0.2, -0.15) is 4.68 Å². The molecule has 1 spiro atoms. The van der Waals surface area contributed by atoms with Crippen LogP contribution in [0.15, 0.2) is 30.3 Å². The Balaban J connectivity index is 1.33. The number of carbonyl (C=O) groups excluding carboxylic acids is 1. The van der Waals surface area contributed by atoms with Crippen LogP contribution in [-0.4, -0.2) is 50.9 Å². The summed E-state index contributed by atoms with van der Waals surface area (Å²) >= 11 is 0. The van der Waals surface area contributed by atoms with Gasteiger partial charge in [0, 0.05) is 17.6 Å². The van der Waals surface area contributed by atoms with Crippen molar-refractivity contribution >= 4 is 11.7 Å². The summed E-state index contributed by atoms with van der Waals surface area (Å²) in [5.74, 6) is 1.50. The van der Waals surface area contributed by atoms with E-state index in [2.05, 4.69) is 26.9 Å². The Bertz CT molecular complexity index is 1300. The Morgan fingerprint density at radius 2 is 1.89 bits per heavy atom. The van der Waals surface area contributed by atoms with Crippen molar-refractivity contribution in [3.8, 4) is 17.2 Å². The van der Waals surface area contributed by atoms with Gasteiger partial charge in [0.1, 0.15) is 24.7 Å². The first-order valence-corrected chi connectivity index (χ1v) is 12.0. The van der Waals surface area contributed by atoms with E-state index < -0.39 is 5.82 Å². The number of rotatable bonds is 2. The third kappa shape index (κ3) is 3.59. The molecule has 1 N–H and O–H groups in total. The number of benzene rings is 2. The zero-order valence-corrected chi connectivity index (χ0v) is 19.8. The number of amides is 2. The lowest BCUT2D eigenvalue weighted by Crippen LogP contribution is -2.50. The lowest BCUT2D eigenvalue weighted by atomic mass is 9.71. The van der Waals surface area contributed by atoms with Crippen LogP contribution in [-0.2, 0) is 5.41 Å². The summed E-state index contributed by atoms with van der Waals surface area (Å²) in [4.78, 5) is 15.5. The van der Waals surface area contributed by atoms with E-state index in [9.17, 15) is 9.18 Å². The van der Waals surface area contributed by atoms with Crippen molar-refractivity contribution in [1.29, 1.82) is 0 Å². The number of aryl methyl sites for hydroxylation is 1. The number of hydrogen-bond acceptors (Lipinski definition) is 6. The summed E-state index contributed by atoms with van der Waals surface area (Å²) in [7, 11) is 0. The third-order valence-electron chi connectivity index (χ3n) is 7.55. The molecule has 1 fully saturated rings. The molecule has 0 saturated heterocycles. The molecular weight excluding hydrogens is 451 g/mol. The maximum Gasteiger partial charge on any atom is 0.322 e. The minimum atomic E-state index is -0.476. The second kappa shape index (κ2) is 8.21. The highest BCUT2D eigenvalue weighted by Crippen LogP contribution is 2.52. The predicted molar refractivity (Wildman–Crippen MR) is 126 cm³/mol. The van der Waals surface area contributed by atoms with Gasteiger partial charge >= 0.3 is 6.03 Å². The minimum absolute atomic E-state index is 0.105. The number of ether oxygens (including phenoxy) is 2. The summed E-state index contributed by atoms with van der Waals surface area (Å²) in [5.41, 5.74) is 2.92. The summed E-state index contributed by atoms with van der Waals surface area (Å²) in [6.07, 6.45) is 4.31. The molecule has 1 aliphatic carbocycles. The molecule has 3 aromatic rings. The first-order valence-electron chi connectivity index (χ1n) is 12.0. The van der Waals surface area contributed by atoms with Crippen LogP contribution < -0.4 is 14.8 Å². The van der Waals surface area contributed by atoms with E-state index in [1.807, 2.05) is 17.9 Å². The number of carbonyl (C=O) groups is 1. The monoisotopic (exact) mass is 478 g/mol. The molecule has 3 heterocycles. The first kappa shape index (κ1) is 21.8. The number of hydrogen-bond donors (Lipinski definition) is 1. The molecule has 9 nitrogen and oxygen atoms in total. The number of nitrogens with one attached hydrogen (secondary N) is 1. The van der Waals surface area contributed by atoms with Crippen LogP contribution in [0.2, 0.25) is 0 Å². The number of fused-ring (bicyclic) bond motifs is 3. The smallest absolute Gasteiger partial charge is 0.322 e. The Kier molecular flexibility index (Phi) is 5.12. The first-order chi connectivity index (χ1) is 16.9. The van der Waals surface area contributed by atoms with Gasteiger partial charge in [0.2, 0.25) is 0 Å². The number of urea groups is 1. The van der Waals surface area contributed by atoms with Crippen LogP contribution >= 0.6 is 0 Å². The molecule has 1 aromatic heterocycles. The lowest BCUT2D eigenvalue weighted by molar-refractivity contribution is 0.149. The fourth-order valence-electron chi connectivity index (χ4n) is 5.75. The molecule has 1 atom stereocenters. The quantitative estimate of drug-likeness (QED) is 0.590. The maximum absolute atomic E-state index is 14.5. The second-order valence-electron chi connectivity index (χ2n) is 9.61. The molecule has 3 aliphatic rings. The highest BCUT2D eigenvalue weighted by molar-refractivity contribution is 5.90. The molecule has 2 amide bonds. The molecule has 2 aromatic carbocycles. The topological polar surface area (TPSA) is 94.4 Å². The lowest BCUT2D eigenvalue weighted by Gasteiger charge is -2.46. The zero-order valence-electron chi connectivity index (χ0n) is 19.8. The van der Waals surface area contributed by atoms with E-state index in [-0.39, 0.29) is 23.2 Å². The number of aromatic nitrogens is 4. The molecule has 0 radical (unpaired) electrons. The standard InChI is InChI=1S/C25H27FN6O3/c1-15-18-12-22-23(35-10-9-34-22)13-19(18)25(7-3-4-8-25)14-31(15)24(33)27-17-5-6-20(26)21(11-17)32-16(2)28-29-30-32/h5-6,11-13,15H,3-4,7-10,14H2,1-2H3,(H,27,33). The summed E-state index contributed by atoms with van der Waals surface area (Å²) < 4.78 is 27.5. The number of halogens is 1. The Labute approximate surface area is 202 Å². The van der Waals surface area contributed by atoms with Crippen molar-refractivity contribution in [2.45, 2.75) is 51.0 Å². The fraction of sp³-hybridized carbons (Fsp3) is 0.440. The van der Waals surface area contributed by atoms with Gasteiger partial charge in [-0.25, -0.2) is 9.18 Å². The van der Waals surface area contributed by atoms with E-state index in [0.29, 0.717) is 31.3 Å². The maximum atomic E-state index is 14.5. The van der Waals surface area contributed by atoms with Crippen LogP contribution in [0.1, 0.15) is 55.6 Å². The van der Waals surface area contributed by atoms with Gasteiger partial charge in [-0.3, -0.25) is 0 Å². The summed E-state index contributed by atoms with van der Waals surface area (Å²) in [6.45, 7) is 5.41. The minimum Gasteiger partial charge on any atom is -0.486 e. The molecule has 182 valence electrons. The molecule has 10 heteroatoms. The Hall–Kier alpha value is -3.69. The van der Waals surface area contributed by atoms with Crippen molar-refractivity contribution < 1.29 is 18.7 Å². The SMILES string of the molecule is Cc1nnnn1-c1cc(NC(=O)N2CC3(CCCC3)c3cc4c(cc3C2C)OCCO4)ccc1F. The van der Waals surface area contributed by atoms with E-state index in [0.717, 1.165) is 42.7 Å². The molecule has 1 saturated carbocycles. The zero-order chi connectivity index (χ0) is 24.2. The van der Waals surface area contributed by atoms with Gasteiger partial charge in [0.15, 0.2) is 17.3 Å². The third-order valence-corrected chi connectivity index (χ3v) is 7.55. The van der Waals surface area contributed by atoms with Crippen LogP contribution in [0.4, 0.5) is 14.9 Å². The van der Waals surface area contributed by atoms with Crippen LogP contribution in [0.3, 0.4) is 0 Å². The van der Waals surface area contributed by atoms with Crippen LogP contribution in [0.25, 0.3) is 5.69 Å². The average Bonchev–Trinajstić information content (AvgIpc) is 3.51. The van der Waals surface area contributed by atoms with Crippen LogP contribution in [0, 0.1) is 12.7 Å². The van der Waals surface area contributed by atoms with Crippen molar-refractivity contribution in [3.05, 3.63) is 53.1 Å². The largest absolute Gasteiger partial charge is 0.486 e. The van der Waals surface area contributed by atoms with Crippen LogP contribution in [0.5, 0.6) is 11.5 Å². The van der Waals surface area contributed by atoms with Gasteiger partial charge in [-0.1, -0.05) is 12.8 Å². The summed E-state index contributed by atoms with van der Waals surface area (Å²) in [6, 6.07) is 8.21. The number of tetrazole rings is 1. The fourth-order valence-corrected chi connectivity index (χ4v) is 5.75. The predicted octanol–water partition coefficient (Wildman–Crippen LogP) is 4.30. The van der Waals surface area contributed by atoms with Crippen molar-refractivity contribution in [2.24, 2.45) is 0 Å². The highest BCUT2D eigenvalue weighted by Gasteiger charge is 2.46. The van der Waals surface area contributed by atoms with Gasteiger partial charge in [0.25, 0.3) is 0 Å². The average molecular weight is 479 g/mol. The van der Waals surface area contributed by atoms with E-state index in [1.54, 1.807) is 19.1 Å². The molecule has 2 aliphatic heterocycles. The van der Waals surface area contributed by atoms with E-state index in [4.69, 9.17) is 9.47 Å². The number of anilines is 1. The van der Waals surface area contributed by atoms with Crippen molar-refractivity contribution in [3.63, 3.8) is 0 Å². The molecule has 35 heavy (non-hydrogen) atoms. The molecule has 1 unspecified atom stereocenters.